The Morgan fingerprint density at radius 3 is 2.67 bits per heavy atom. The Hall–Kier alpha value is -3.36. The number of methoxy groups -OCH3 is 1. The van der Waals surface area contributed by atoms with Crippen molar-refractivity contribution in [3.8, 4) is 11.6 Å². The van der Waals surface area contributed by atoms with Crippen LogP contribution >= 0.6 is 0 Å². The summed E-state index contributed by atoms with van der Waals surface area (Å²) in [6.45, 7) is 3.77. The average Bonchev–Trinajstić information content (AvgIpc) is 3.00. The highest BCUT2D eigenvalue weighted by Crippen LogP contribution is 2.30. The number of hydrogen-bond donors (Lipinski definition) is 1. The van der Waals surface area contributed by atoms with Crippen molar-refractivity contribution in [3.63, 3.8) is 0 Å². The second-order valence-corrected chi connectivity index (χ2v) is 6.77. The monoisotopic (exact) mass is 418 g/mol. The van der Waals surface area contributed by atoms with Gasteiger partial charge in [0.05, 0.1) is 30.5 Å². The molecule has 2 heterocycles. The first-order chi connectivity index (χ1) is 14.2. The zero-order valence-electron chi connectivity index (χ0n) is 16.7. The molecule has 0 unspecified atom stereocenters. The van der Waals surface area contributed by atoms with E-state index in [9.17, 15) is 18.0 Å². The molecule has 0 aliphatic carbocycles. The van der Waals surface area contributed by atoms with E-state index < -0.39 is 11.7 Å². The van der Waals surface area contributed by atoms with Crippen LogP contribution in [0.2, 0.25) is 0 Å². The summed E-state index contributed by atoms with van der Waals surface area (Å²) in [4.78, 5) is 16.4. The van der Waals surface area contributed by atoms with E-state index in [0.29, 0.717) is 35.1 Å². The first-order valence-electron chi connectivity index (χ1n) is 9.17. The molecule has 2 aromatic heterocycles. The molecule has 0 radical (unpaired) electrons. The van der Waals surface area contributed by atoms with Crippen molar-refractivity contribution in [2.75, 3.05) is 7.11 Å². The zero-order chi connectivity index (χ0) is 21.9. The van der Waals surface area contributed by atoms with Crippen LogP contribution < -0.4 is 10.1 Å². The van der Waals surface area contributed by atoms with Gasteiger partial charge < -0.3 is 10.1 Å². The molecular formula is C21H21F3N4O2. The molecule has 158 valence electrons. The summed E-state index contributed by atoms with van der Waals surface area (Å²) in [5.74, 6) is 0.233. The zero-order valence-corrected chi connectivity index (χ0v) is 16.7. The number of aryl methyl sites for hydroxylation is 1. The number of alkyl halides is 3. The third-order valence-electron chi connectivity index (χ3n) is 4.69. The summed E-state index contributed by atoms with van der Waals surface area (Å²) in [7, 11) is 1.51. The number of hydrogen-bond acceptors (Lipinski definition) is 4. The number of aromatic nitrogens is 3. The third kappa shape index (κ3) is 4.79. The van der Waals surface area contributed by atoms with E-state index in [1.54, 1.807) is 38.2 Å². The topological polar surface area (TPSA) is 69.0 Å². The first-order valence-corrected chi connectivity index (χ1v) is 9.17. The molecule has 0 spiro atoms. The lowest BCUT2D eigenvalue weighted by atomic mass is 10.1. The van der Waals surface area contributed by atoms with Crippen LogP contribution in [-0.4, -0.2) is 27.8 Å². The lowest BCUT2D eigenvalue weighted by Gasteiger charge is -2.10. The van der Waals surface area contributed by atoms with Crippen molar-refractivity contribution in [3.05, 3.63) is 70.7 Å². The van der Waals surface area contributed by atoms with Gasteiger partial charge >= 0.3 is 6.18 Å². The molecule has 0 bridgehead atoms. The van der Waals surface area contributed by atoms with Crippen molar-refractivity contribution in [1.82, 2.24) is 20.1 Å². The number of amides is 1. The van der Waals surface area contributed by atoms with Crippen molar-refractivity contribution in [2.45, 2.75) is 33.0 Å². The van der Waals surface area contributed by atoms with E-state index in [4.69, 9.17) is 4.74 Å². The van der Waals surface area contributed by atoms with Crippen LogP contribution in [-0.2, 0) is 23.9 Å². The SMILES string of the molecule is COc1cc(CNC(=O)Cc2c(C)nn(-c3cccc(C(F)(F)F)c3)c2C)ccn1. The second-order valence-electron chi connectivity index (χ2n) is 6.77. The van der Waals surface area contributed by atoms with Gasteiger partial charge in [-0.2, -0.15) is 18.3 Å². The number of benzene rings is 1. The molecule has 30 heavy (non-hydrogen) atoms. The van der Waals surface area contributed by atoms with Crippen LogP contribution in [0.1, 0.15) is 28.1 Å². The summed E-state index contributed by atoms with van der Waals surface area (Å²) in [6.07, 6.45) is -2.78. The normalized spacial score (nSPS) is 11.4. The van der Waals surface area contributed by atoms with Crippen LogP contribution in [0.5, 0.6) is 5.88 Å². The lowest BCUT2D eigenvalue weighted by Crippen LogP contribution is -2.25. The van der Waals surface area contributed by atoms with Gasteiger partial charge in [-0.3, -0.25) is 4.79 Å². The predicted octanol–water partition coefficient (Wildman–Crippen LogP) is 3.77. The van der Waals surface area contributed by atoms with E-state index in [1.165, 1.54) is 17.9 Å². The minimum absolute atomic E-state index is 0.0683. The summed E-state index contributed by atoms with van der Waals surface area (Å²) in [5.41, 5.74) is 2.26. The van der Waals surface area contributed by atoms with Gasteiger partial charge in [-0.1, -0.05) is 6.07 Å². The second kappa shape index (κ2) is 8.56. The van der Waals surface area contributed by atoms with Crippen LogP contribution in [0.25, 0.3) is 5.69 Å². The molecular weight excluding hydrogens is 397 g/mol. The first kappa shape index (κ1) is 21.4. The molecule has 3 aromatic rings. The molecule has 0 atom stereocenters. The highest BCUT2D eigenvalue weighted by molar-refractivity contribution is 5.79. The number of carbonyl (C=O) groups is 1. The Bertz CT molecular complexity index is 1060. The van der Waals surface area contributed by atoms with E-state index in [-0.39, 0.29) is 12.3 Å². The van der Waals surface area contributed by atoms with E-state index in [1.807, 2.05) is 0 Å². The number of halogens is 3. The fourth-order valence-electron chi connectivity index (χ4n) is 3.09. The van der Waals surface area contributed by atoms with Crippen molar-refractivity contribution in [2.24, 2.45) is 0 Å². The summed E-state index contributed by atoms with van der Waals surface area (Å²) >= 11 is 0. The standard InChI is InChI=1S/C21H21F3N4O2/c1-13-18(11-19(29)26-12-15-7-8-25-20(9-15)30-3)14(2)28(27-13)17-6-4-5-16(10-17)21(22,23)24/h4-10H,11-12H2,1-3H3,(H,26,29). The molecule has 0 aliphatic heterocycles. The minimum atomic E-state index is -4.44. The average molecular weight is 418 g/mol. The van der Waals surface area contributed by atoms with Gasteiger partial charge in [0.2, 0.25) is 11.8 Å². The largest absolute Gasteiger partial charge is 0.481 e. The van der Waals surface area contributed by atoms with Gasteiger partial charge in [-0.15, -0.1) is 0 Å². The Labute approximate surface area is 171 Å². The van der Waals surface area contributed by atoms with E-state index in [2.05, 4.69) is 15.4 Å². The Morgan fingerprint density at radius 2 is 1.97 bits per heavy atom. The van der Waals surface area contributed by atoms with Gasteiger partial charge in [0.15, 0.2) is 0 Å². The molecule has 0 saturated carbocycles. The van der Waals surface area contributed by atoms with Crippen molar-refractivity contribution >= 4 is 5.91 Å². The fourth-order valence-corrected chi connectivity index (χ4v) is 3.09. The van der Waals surface area contributed by atoms with Crippen LogP contribution in [0.4, 0.5) is 13.2 Å². The number of carbonyl (C=O) groups excluding carboxylic acids is 1. The fraction of sp³-hybridized carbons (Fsp3) is 0.286. The smallest absolute Gasteiger partial charge is 0.416 e. The maximum absolute atomic E-state index is 13.0. The predicted molar refractivity (Wildman–Crippen MR) is 104 cm³/mol. The van der Waals surface area contributed by atoms with Crippen LogP contribution in [0, 0.1) is 13.8 Å². The molecule has 9 heteroatoms. The maximum atomic E-state index is 13.0. The van der Waals surface area contributed by atoms with E-state index >= 15 is 0 Å². The van der Waals surface area contributed by atoms with Gasteiger partial charge in [0.25, 0.3) is 0 Å². The Balaban J connectivity index is 1.75. The van der Waals surface area contributed by atoms with Crippen LogP contribution in [0.3, 0.4) is 0 Å². The van der Waals surface area contributed by atoms with Crippen LogP contribution in [0.15, 0.2) is 42.6 Å². The minimum Gasteiger partial charge on any atom is -0.481 e. The number of ether oxygens (including phenoxy) is 1. The quantitative estimate of drug-likeness (QED) is 0.662. The molecule has 1 N–H and O–H groups in total. The molecule has 3 rings (SSSR count). The molecule has 0 fully saturated rings. The third-order valence-corrected chi connectivity index (χ3v) is 4.69. The highest BCUT2D eigenvalue weighted by Gasteiger charge is 2.30. The van der Waals surface area contributed by atoms with Crippen molar-refractivity contribution in [1.29, 1.82) is 0 Å². The van der Waals surface area contributed by atoms with Gasteiger partial charge in [0.1, 0.15) is 0 Å². The Morgan fingerprint density at radius 1 is 1.20 bits per heavy atom. The molecule has 1 aromatic carbocycles. The number of nitrogens with one attached hydrogen (secondary N) is 1. The molecule has 0 aliphatic rings. The van der Waals surface area contributed by atoms with Gasteiger partial charge in [-0.05, 0) is 43.7 Å². The number of pyridine rings is 1. The van der Waals surface area contributed by atoms with E-state index in [0.717, 1.165) is 17.7 Å². The Kier molecular flexibility index (Phi) is 6.09. The summed E-state index contributed by atoms with van der Waals surface area (Å²) in [5, 5.41) is 7.17. The van der Waals surface area contributed by atoms with Gasteiger partial charge in [0, 0.05) is 30.1 Å². The maximum Gasteiger partial charge on any atom is 0.416 e. The van der Waals surface area contributed by atoms with Gasteiger partial charge in [-0.25, -0.2) is 9.67 Å². The highest BCUT2D eigenvalue weighted by atomic mass is 19.4. The lowest BCUT2D eigenvalue weighted by molar-refractivity contribution is -0.137. The molecule has 6 nitrogen and oxygen atoms in total. The number of rotatable bonds is 6. The van der Waals surface area contributed by atoms with Crippen molar-refractivity contribution < 1.29 is 22.7 Å². The summed E-state index contributed by atoms with van der Waals surface area (Å²) in [6, 6.07) is 8.44. The molecule has 1 amide bonds. The summed E-state index contributed by atoms with van der Waals surface area (Å²) < 4.78 is 45.5. The number of nitrogens with zero attached hydrogens (tertiary/aromatic N) is 3. The molecule has 0 saturated heterocycles.